The summed E-state index contributed by atoms with van der Waals surface area (Å²) in [5.41, 5.74) is -1.36. The average Bonchev–Trinajstić information content (AvgIpc) is 3.58. The van der Waals surface area contributed by atoms with Gasteiger partial charge in [0.1, 0.15) is 11.6 Å². The molecule has 3 fully saturated rings. The number of hydrogen-bond acceptors (Lipinski definition) is 5. The molecule has 0 saturated carbocycles. The van der Waals surface area contributed by atoms with Crippen molar-refractivity contribution in [2.75, 3.05) is 26.2 Å². The van der Waals surface area contributed by atoms with Gasteiger partial charge in [-0.3, -0.25) is 14.4 Å². The predicted molar refractivity (Wildman–Crippen MR) is 168 cm³/mol. The van der Waals surface area contributed by atoms with E-state index < -0.39 is 34.6 Å². The second kappa shape index (κ2) is 13.3. The lowest BCUT2D eigenvalue weighted by Crippen LogP contribution is -2.60. The number of likely N-dealkylation sites (tertiary alicyclic amines) is 1. The van der Waals surface area contributed by atoms with Gasteiger partial charge in [-0.25, -0.2) is 0 Å². The molecule has 2 unspecified atom stereocenters. The number of fused-ring (bicyclic) bond motifs is 1. The SMILES string of the molecule is C=CCN(Cc1ccccc1)C(=O)[C@@H]1[C@H]2C(=O)N(CCCCCCO)C(C(=O)N(CC=C)C(C)(C)C)C23CC[C@@]1(CC)O3. The van der Waals surface area contributed by atoms with E-state index in [2.05, 4.69) is 13.2 Å². The molecule has 236 valence electrons. The Bertz CT molecular complexity index is 1180. The molecule has 1 N–H and O–H groups in total. The van der Waals surface area contributed by atoms with Gasteiger partial charge in [-0.05, 0) is 58.4 Å². The average molecular weight is 594 g/mol. The highest BCUT2D eigenvalue weighted by atomic mass is 16.5. The monoisotopic (exact) mass is 593 g/mol. The van der Waals surface area contributed by atoms with E-state index in [4.69, 9.17) is 4.74 Å². The molecule has 1 aromatic carbocycles. The Kier molecular flexibility index (Phi) is 10.2. The number of ether oxygens (including phenoxy) is 1. The molecule has 0 aromatic heterocycles. The zero-order chi connectivity index (χ0) is 31.4. The summed E-state index contributed by atoms with van der Waals surface area (Å²) in [7, 11) is 0. The standard InChI is InChI=1S/C35H51N3O5/c1-7-21-36(25-26-17-13-12-14-18-26)30(40)27-28-31(41)37(23-15-10-11-16-24-39)29(32(42)38(22-8-2)33(4,5)6)35(28)20-19-34(27,9-3)43-35/h7-8,12-14,17-18,27-29,39H,1-2,9-11,15-16,19-25H2,3-6H3/t27-,28-,29?,34+,35?/m0/s1. The number of amides is 3. The van der Waals surface area contributed by atoms with Crippen LogP contribution in [0.5, 0.6) is 0 Å². The van der Waals surface area contributed by atoms with Crippen LogP contribution in [-0.2, 0) is 25.7 Å². The van der Waals surface area contributed by atoms with E-state index in [-0.39, 0.29) is 24.3 Å². The summed E-state index contributed by atoms with van der Waals surface area (Å²) < 4.78 is 7.01. The van der Waals surface area contributed by atoms with Crippen LogP contribution in [0.4, 0.5) is 0 Å². The first-order valence-electron chi connectivity index (χ1n) is 16.0. The molecule has 3 aliphatic rings. The molecule has 1 spiro atoms. The van der Waals surface area contributed by atoms with E-state index in [1.807, 2.05) is 58.0 Å². The Labute approximate surface area is 257 Å². The molecule has 3 aliphatic heterocycles. The largest absolute Gasteiger partial charge is 0.396 e. The third-order valence-corrected chi connectivity index (χ3v) is 9.75. The van der Waals surface area contributed by atoms with Crippen LogP contribution in [0.25, 0.3) is 0 Å². The summed E-state index contributed by atoms with van der Waals surface area (Å²) in [5, 5.41) is 9.22. The Morgan fingerprint density at radius 1 is 1.05 bits per heavy atom. The topological polar surface area (TPSA) is 90.4 Å². The summed E-state index contributed by atoms with van der Waals surface area (Å²) in [5.74, 6) is -1.82. The fourth-order valence-electron chi connectivity index (χ4n) is 7.72. The Morgan fingerprint density at radius 3 is 2.33 bits per heavy atom. The van der Waals surface area contributed by atoms with Gasteiger partial charge in [-0.1, -0.05) is 62.2 Å². The van der Waals surface area contributed by atoms with E-state index in [0.29, 0.717) is 58.3 Å². The number of aliphatic hydroxyl groups excluding tert-OH is 1. The van der Waals surface area contributed by atoms with Crippen molar-refractivity contribution in [3.05, 3.63) is 61.2 Å². The molecule has 5 atom stereocenters. The van der Waals surface area contributed by atoms with Crippen molar-refractivity contribution < 1.29 is 24.2 Å². The fourth-order valence-corrected chi connectivity index (χ4v) is 7.72. The maximum Gasteiger partial charge on any atom is 0.249 e. The van der Waals surface area contributed by atoms with Crippen molar-refractivity contribution >= 4 is 17.7 Å². The highest BCUT2D eigenvalue weighted by Gasteiger charge is 2.79. The number of nitrogens with zero attached hydrogens (tertiary/aromatic N) is 3. The van der Waals surface area contributed by atoms with E-state index in [0.717, 1.165) is 18.4 Å². The minimum atomic E-state index is -1.06. The number of unbranched alkanes of at least 4 members (excludes halogenated alkanes) is 3. The number of rotatable bonds is 15. The first-order valence-corrected chi connectivity index (χ1v) is 16.0. The highest BCUT2D eigenvalue weighted by molar-refractivity contribution is 5.99. The normalized spacial score (nSPS) is 27.7. The van der Waals surface area contributed by atoms with Gasteiger partial charge >= 0.3 is 0 Å². The van der Waals surface area contributed by atoms with Gasteiger partial charge in [0.25, 0.3) is 0 Å². The van der Waals surface area contributed by atoms with Gasteiger partial charge < -0.3 is 24.5 Å². The van der Waals surface area contributed by atoms with Crippen LogP contribution < -0.4 is 0 Å². The Morgan fingerprint density at radius 2 is 1.72 bits per heavy atom. The van der Waals surface area contributed by atoms with Crippen LogP contribution in [0.15, 0.2) is 55.6 Å². The molecule has 8 heteroatoms. The zero-order valence-corrected chi connectivity index (χ0v) is 26.6. The summed E-state index contributed by atoms with van der Waals surface area (Å²) in [6.45, 7) is 17.4. The molecular weight excluding hydrogens is 542 g/mol. The van der Waals surface area contributed by atoms with Crippen molar-refractivity contribution in [1.82, 2.24) is 14.7 Å². The van der Waals surface area contributed by atoms with Crippen molar-refractivity contribution in [2.24, 2.45) is 11.8 Å². The maximum absolute atomic E-state index is 14.6. The van der Waals surface area contributed by atoms with Crippen molar-refractivity contribution in [1.29, 1.82) is 0 Å². The maximum atomic E-state index is 14.6. The minimum Gasteiger partial charge on any atom is -0.396 e. The van der Waals surface area contributed by atoms with Gasteiger partial charge in [0.2, 0.25) is 17.7 Å². The second-order valence-corrected chi connectivity index (χ2v) is 13.4. The molecule has 0 radical (unpaired) electrons. The molecule has 3 heterocycles. The number of benzene rings is 1. The molecule has 8 nitrogen and oxygen atoms in total. The first kappa shape index (κ1) is 32.9. The molecular formula is C35H51N3O5. The molecule has 0 aliphatic carbocycles. The van der Waals surface area contributed by atoms with E-state index in [1.165, 1.54) is 0 Å². The van der Waals surface area contributed by atoms with Crippen LogP contribution in [0.3, 0.4) is 0 Å². The van der Waals surface area contributed by atoms with Gasteiger partial charge in [0, 0.05) is 38.3 Å². The van der Waals surface area contributed by atoms with Gasteiger partial charge in [-0.15, -0.1) is 13.2 Å². The molecule has 4 rings (SSSR count). The summed E-state index contributed by atoms with van der Waals surface area (Å²) in [4.78, 5) is 49.1. The fraction of sp³-hybridized carbons (Fsp3) is 0.629. The van der Waals surface area contributed by atoms with E-state index in [9.17, 15) is 19.5 Å². The summed E-state index contributed by atoms with van der Waals surface area (Å²) in [6.07, 6.45) is 8.32. The lowest BCUT2D eigenvalue weighted by Gasteiger charge is -2.42. The van der Waals surface area contributed by atoms with Crippen molar-refractivity contribution in [3.63, 3.8) is 0 Å². The van der Waals surface area contributed by atoms with Crippen molar-refractivity contribution in [3.8, 4) is 0 Å². The predicted octanol–water partition coefficient (Wildman–Crippen LogP) is 4.72. The van der Waals surface area contributed by atoms with Crippen LogP contribution in [0, 0.1) is 11.8 Å². The summed E-state index contributed by atoms with van der Waals surface area (Å²) in [6, 6.07) is 9.03. The van der Waals surface area contributed by atoms with E-state index >= 15 is 0 Å². The Balaban J connectivity index is 1.75. The lowest BCUT2D eigenvalue weighted by molar-refractivity contribution is -0.157. The summed E-state index contributed by atoms with van der Waals surface area (Å²) >= 11 is 0. The quantitative estimate of drug-likeness (QED) is 0.235. The zero-order valence-electron chi connectivity index (χ0n) is 26.6. The molecule has 3 amide bonds. The Hall–Kier alpha value is -2.97. The second-order valence-electron chi connectivity index (χ2n) is 13.4. The van der Waals surface area contributed by atoms with Crippen LogP contribution in [0.1, 0.15) is 78.2 Å². The smallest absolute Gasteiger partial charge is 0.249 e. The van der Waals surface area contributed by atoms with Gasteiger partial charge in [0.15, 0.2) is 0 Å². The van der Waals surface area contributed by atoms with Crippen LogP contribution in [0.2, 0.25) is 0 Å². The lowest BCUT2D eigenvalue weighted by atomic mass is 9.64. The number of hydrogen-bond donors (Lipinski definition) is 1. The van der Waals surface area contributed by atoms with Gasteiger partial charge in [-0.2, -0.15) is 0 Å². The number of carbonyl (C=O) groups is 3. The van der Waals surface area contributed by atoms with Crippen LogP contribution >= 0.6 is 0 Å². The third kappa shape index (κ3) is 6.05. The molecule has 2 bridgehead atoms. The van der Waals surface area contributed by atoms with Crippen molar-refractivity contribution in [2.45, 2.75) is 102 Å². The molecule has 1 aromatic rings. The first-order chi connectivity index (χ1) is 20.5. The van der Waals surface area contributed by atoms with Crippen LogP contribution in [-0.4, -0.2) is 86.6 Å². The minimum absolute atomic E-state index is 0.111. The van der Waals surface area contributed by atoms with Gasteiger partial charge in [0.05, 0.1) is 17.4 Å². The number of aliphatic hydroxyl groups is 1. The third-order valence-electron chi connectivity index (χ3n) is 9.75. The van der Waals surface area contributed by atoms with E-state index in [1.54, 1.807) is 26.9 Å². The molecule has 43 heavy (non-hydrogen) atoms. The highest BCUT2D eigenvalue weighted by Crippen LogP contribution is 2.64. The molecule has 3 saturated heterocycles. The number of carbonyl (C=O) groups excluding carboxylic acids is 3.